The van der Waals surface area contributed by atoms with Gasteiger partial charge in [0.1, 0.15) is 5.56 Å². The molecule has 10 heteroatoms. The Kier molecular flexibility index (Phi) is 4.65. The smallest absolute Gasteiger partial charge is 0.436 e. The van der Waals surface area contributed by atoms with Crippen molar-refractivity contribution in [3.8, 4) is 0 Å². The second-order valence-corrected chi connectivity index (χ2v) is 4.51. The number of esters is 1. The van der Waals surface area contributed by atoms with Gasteiger partial charge in [0.15, 0.2) is 5.69 Å². The topological polar surface area (TPSA) is 69.9 Å². The van der Waals surface area contributed by atoms with E-state index in [2.05, 4.69) is 19.8 Å². The minimum atomic E-state index is -4.76. The number of ether oxygens (including phenoxy) is 1. The number of carbonyl (C=O) groups excluding carboxylic acids is 1. The molecule has 2 rings (SSSR count). The van der Waals surface area contributed by atoms with Gasteiger partial charge in [-0.2, -0.15) is 18.3 Å². The molecule has 0 atom stereocenters. The molecule has 0 saturated carbocycles. The monoisotopic (exact) mass is 334 g/mol. The van der Waals surface area contributed by atoms with Crippen molar-refractivity contribution in [1.29, 1.82) is 0 Å². The molecule has 118 valence electrons. The number of rotatable bonds is 4. The van der Waals surface area contributed by atoms with E-state index >= 15 is 0 Å². The predicted molar refractivity (Wildman–Crippen MR) is 69.3 cm³/mol. The Morgan fingerprint density at radius 3 is 2.55 bits per heavy atom. The molecule has 2 heterocycles. The summed E-state index contributed by atoms with van der Waals surface area (Å²) in [5.74, 6) is -1.08. The maximum atomic E-state index is 12.9. The second-order valence-electron chi connectivity index (χ2n) is 4.17. The van der Waals surface area contributed by atoms with Crippen molar-refractivity contribution in [3.05, 3.63) is 40.7 Å². The van der Waals surface area contributed by atoms with E-state index in [0.29, 0.717) is 5.56 Å². The first kappa shape index (κ1) is 16.2. The minimum absolute atomic E-state index is 0.0207. The van der Waals surface area contributed by atoms with E-state index in [4.69, 9.17) is 11.6 Å². The van der Waals surface area contributed by atoms with Gasteiger partial charge in [-0.25, -0.2) is 14.8 Å². The molecule has 0 bridgehead atoms. The summed E-state index contributed by atoms with van der Waals surface area (Å²) in [4.78, 5) is 19.0. The average Bonchev–Trinajstić information content (AvgIpc) is 2.86. The van der Waals surface area contributed by atoms with E-state index in [1.54, 1.807) is 0 Å². The van der Waals surface area contributed by atoms with E-state index in [-0.39, 0.29) is 18.4 Å². The van der Waals surface area contributed by atoms with Crippen LogP contribution in [0.1, 0.15) is 28.5 Å². The molecule has 0 saturated heterocycles. The van der Waals surface area contributed by atoms with Crippen LogP contribution < -0.4 is 0 Å². The Bertz CT molecular complexity index is 670. The molecule has 0 amide bonds. The minimum Gasteiger partial charge on any atom is -0.462 e. The van der Waals surface area contributed by atoms with Crippen LogP contribution in [0.25, 0.3) is 0 Å². The van der Waals surface area contributed by atoms with Gasteiger partial charge in [0.2, 0.25) is 5.28 Å². The van der Waals surface area contributed by atoms with Crippen LogP contribution in [-0.2, 0) is 17.5 Å². The number of alkyl halides is 3. The third kappa shape index (κ3) is 3.73. The molecule has 2 aromatic heterocycles. The molecule has 0 aromatic carbocycles. The van der Waals surface area contributed by atoms with Crippen LogP contribution in [0.4, 0.5) is 13.2 Å². The zero-order chi connectivity index (χ0) is 16.3. The summed E-state index contributed by atoms with van der Waals surface area (Å²) in [5.41, 5.74) is -1.44. The highest BCUT2D eigenvalue weighted by Crippen LogP contribution is 2.31. The fraction of sp³-hybridized carbons (Fsp3) is 0.333. The average molecular weight is 335 g/mol. The zero-order valence-electron chi connectivity index (χ0n) is 11.3. The van der Waals surface area contributed by atoms with Gasteiger partial charge in [-0.3, -0.25) is 4.68 Å². The first-order chi connectivity index (χ1) is 10.3. The molecule has 0 N–H and O–H groups in total. The third-order valence-corrected chi connectivity index (χ3v) is 2.74. The molecule has 0 aliphatic rings. The van der Waals surface area contributed by atoms with Crippen molar-refractivity contribution >= 4 is 17.6 Å². The maximum Gasteiger partial charge on any atom is 0.436 e. The lowest BCUT2D eigenvalue weighted by molar-refractivity contribution is -0.142. The van der Waals surface area contributed by atoms with Crippen molar-refractivity contribution in [2.24, 2.45) is 0 Å². The highest BCUT2D eigenvalue weighted by atomic mass is 35.5. The lowest BCUT2D eigenvalue weighted by Gasteiger charge is -2.05. The fourth-order valence-corrected chi connectivity index (χ4v) is 1.78. The molecular weight excluding hydrogens is 325 g/mol. The van der Waals surface area contributed by atoms with E-state index in [0.717, 1.165) is 10.9 Å². The molecule has 0 unspecified atom stereocenters. The van der Waals surface area contributed by atoms with Crippen LogP contribution in [0.2, 0.25) is 5.28 Å². The summed E-state index contributed by atoms with van der Waals surface area (Å²) in [6.07, 6.45) is -1.07. The standard InChI is InChI=1S/C12H10ClF3N4O2/c1-2-22-10(21)8-6-20(19-9(8)12(14,15)16)5-7-3-17-11(13)18-4-7/h3-4,6H,2,5H2,1H3. The van der Waals surface area contributed by atoms with Gasteiger partial charge in [-0.15, -0.1) is 0 Å². The zero-order valence-corrected chi connectivity index (χ0v) is 12.0. The largest absolute Gasteiger partial charge is 0.462 e. The van der Waals surface area contributed by atoms with Crippen molar-refractivity contribution in [2.75, 3.05) is 6.61 Å². The summed E-state index contributed by atoms with van der Waals surface area (Å²) in [6.45, 7) is 1.42. The van der Waals surface area contributed by atoms with E-state index in [1.807, 2.05) is 0 Å². The van der Waals surface area contributed by atoms with Crippen molar-refractivity contribution in [2.45, 2.75) is 19.6 Å². The van der Waals surface area contributed by atoms with Crippen LogP contribution in [0.15, 0.2) is 18.6 Å². The Balaban J connectivity index is 2.33. The van der Waals surface area contributed by atoms with Gasteiger partial charge in [-0.05, 0) is 18.5 Å². The van der Waals surface area contributed by atoms with Crippen molar-refractivity contribution in [1.82, 2.24) is 19.7 Å². The van der Waals surface area contributed by atoms with E-state index in [1.165, 1.54) is 19.3 Å². The molecule has 6 nitrogen and oxygen atoms in total. The normalized spacial score (nSPS) is 11.5. The number of aromatic nitrogens is 4. The highest BCUT2D eigenvalue weighted by molar-refractivity contribution is 6.28. The van der Waals surface area contributed by atoms with Crippen molar-refractivity contribution in [3.63, 3.8) is 0 Å². The van der Waals surface area contributed by atoms with Crippen LogP contribution in [-0.4, -0.2) is 32.3 Å². The lowest BCUT2D eigenvalue weighted by Crippen LogP contribution is -2.14. The molecule has 0 fully saturated rings. The van der Waals surface area contributed by atoms with Crippen LogP contribution >= 0.6 is 11.6 Å². The molecule has 2 aromatic rings. The lowest BCUT2D eigenvalue weighted by atomic mass is 10.2. The highest BCUT2D eigenvalue weighted by Gasteiger charge is 2.39. The Morgan fingerprint density at radius 2 is 2.00 bits per heavy atom. The first-order valence-electron chi connectivity index (χ1n) is 6.09. The Morgan fingerprint density at radius 1 is 1.36 bits per heavy atom. The molecule has 0 aliphatic heterocycles. The molecule has 0 radical (unpaired) electrons. The van der Waals surface area contributed by atoms with E-state index < -0.39 is 23.4 Å². The summed E-state index contributed by atoms with van der Waals surface area (Å²) in [6, 6.07) is 0. The SMILES string of the molecule is CCOC(=O)c1cn(Cc2cnc(Cl)nc2)nc1C(F)(F)F. The van der Waals surface area contributed by atoms with Gasteiger partial charge in [0.05, 0.1) is 13.2 Å². The number of carbonyl (C=O) groups is 1. The molecule has 22 heavy (non-hydrogen) atoms. The van der Waals surface area contributed by atoms with Crippen LogP contribution in [0.5, 0.6) is 0 Å². The van der Waals surface area contributed by atoms with Gasteiger partial charge < -0.3 is 4.74 Å². The third-order valence-electron chi connectivity index (χ3n) is 2.54. The molecule has 0 spiro atoms. The van der Waals surface area contributed by atoms with Crippen LogP contribution in [0.3, 0.4) is 0 Å². The number of hydrogen-bond acceptors (Lipinski definition) is 5. The summed E-state index contributed by atoms with van der Waals surface area (Å²) in [7, 11) is 0. The fourth-order valence-electron chi connectivity index (χ4n) is 1.68. The molecule has 0 aliphatic carbocycles. The predicted octanol–water partition coefficient (Wildman–Crippen LogP) is 2.57. The quantitative estimate of drug-likeness (QED) is 0.635. The number of nitrogens with zero attached hydrogens (tertiary/aromatic N) is 4. The number of halogens is 4. The molecular formula is C12H10ClF3N4O2. The Labute approximate surface area is 127 Å². The maximum absolute atomic E-state index is 12.9. The van der Waals surface area contributed by atoms with Gasteiger partial charge >= 0.3 is 12.1 Å². The summed E-state index contributed by atoms with van der Waals surface area (Å²) in [5, 5.41) is 3.43. The number of hydrogen-bond donors (Lipinski definition) is 0. The van der Waals surface area contributed by atoms with E-state index in [9.17, 15) is 18.0 Å². The van der Waals surface area contributed by atoms with Gasteiger partial charge in [-0.1, -0.05) is 0 Å². The van der Waals surface area contributed by atoms with Crippen molar-refractivity contribution < 1.29 is 22.7 Å². The first-order valence-corrected chi connectivity index (χ1v) is 6.47. The van der Waals surface area contributed by atoms with Gasteiger partial charge in [0, 0.05) is 24.2 Å². The second kappa shape index (κ2) is 6.30. The van der Waals surface area contributed by atoms with Gasteiger partial charge in [0.25, 0.3) is 0 Å². The summed E-state index contributed by atoms with van der Waals surface area (Å²) < 4.78 is 44.4. The van der Waals surface area contributed by atoms with Crippen LogP contribution in [0, 0.1) is 0 Å². The summed E-state index contributed by atoms with van der Waals surface area (Å²) >= 11 is 5.53. The Hall–Kier alpha value is -2.16.